The zero-order valence-electron chi connectivity index (χ0n) is 17.2. The fourth-order valence-electron chi connectivity index (χ4n) is 3.86. The number of ether oxygens (including phenoxy) is 1. The number of rotatable bonds is 7. The van der Waals surface area contributed by atoms with Gasteiger partial charge in [0.05, 0.1) is 5.69 Å². The Kier molecular flexibility index (Phi) is 6.14. The molecule has 3 aromatic rings. The van der Waals surface area contributed by atoms with E-state index in [-0.39, 0.29) is 5.91 Å². The van der Waals surface area contributed by atoms with Gasteiger partial charge in [0, 0.05) is 18.5 Å². The number of aryl methyl sites for hydroxylation is 1. The molecule has 1 amide bonds. The second-order valence-electron chi connectivity index (χ2n) is 7.85. The Hall–Kier alpha value is -3.12. The predicted molar refractivity (Wildman–Crippen MR) is 115 cm³/mol. The molecule has 0 spiro atoms. The van der Waals surface area contributed by atoms with Gasteiger partial charge in [-0.05, 0) is 69.1 Å². The van der Waals surface area contributed by atoms with Crippen molar-refractivity contribution in [2.75, 3.05) is 13.1 Å². The van der Waals surface area contributed by atoms with E-state index in [2.05, 4.69) is 4.90 Å². The molecule has 2 heterocycles. The molecule has 1 saturated heterocycles. The number of para-hydroxylation sites is 1. The molecule has 0 unspecified atom stereocenters. The first-order chi connectivity index (χ1) is 14.6. The Morgan fingerprint density at radius 3 is 2.60 bits per heavy atom. The number of hydrogen-bond acceptors (Lipinski definition) is 5. The zero-order valence-corrected chi connectivity index (χ0v) is 17.2. The van der Waals surface area contributed by atoms with Crippen LogP contribution in [-0.2, 0) is 11.3 Å². The molecule has 0 radical (unpaired) electrons. The summed E-state index contributed by atoms with van der Waals surface area (Å²) in [5, 5.41) is 0. The highest BCUT2D eigenvalue weighted by Gasteiger charge is 2.22. The smallest absolute Gasteiger partial charge is 0.226 e. The van der Waals surface area contributed by atoms with E-state index in [1.807, 2.05) is 61.5 Å². The van der Waals surface area contributed by atoms with Crippen molar-refractivity contribution in [3.05, 3.63) is 66.1 Å². The summed E-state index contributed by atoms with van der Waals surface area (Å²) in [5.74, 6) is 3.17. The molecule has 1 aliphatic heterocycles. The number of aromatic nitrogens is 1. The zero-order chi connectivity index (χ0) is 20.9. The predicted octanol–water partition coefficient (Wildman–Crippen LogP) is 4.53. The lowest BCUT2D eigenvalue weighted by atomic mass is 9.93. The maximum absolute atomic E-state index is 11.1. The highest BCUT2D eigenvalue weighted by molar-refractivity contribution is 5.74. The second kappa shape index (κ2) is 9.13. The number of benzene rings is 2. The van der Waals surface area contributed by atoms with E-state index in [1.165, 1.54) is 0 Å². The average molecular weight is 405 g/mol. The molecule has 0 aliphatic carbocycles. The standard InChI is InChI=1S/C24H27N3O3/c1-17-22(16-27-12-10-18(11-13-27)14-23(25)28)26-24(29-17)19-6-5-9-21(15-19)30-20-7-3-2-4-8-20/h2-9,15,18H,10-14,16H2,1H3,(H2,25,28). The van der Waals surface area contributed by atoms with Gasteiger partial charge in [-0.1, -0.05) is 24.3 Å². The molecule has 0 bridgehead atoms. The van der Waals surface area contributed by atoms with E-state index < -0.39 is 0 Å². The summed E-state index contributed by atoms with van der Waals surface area (Å²) in [6, 6.07) is 17.5. The van der Waals surface area contributed by atoms with Crippen molar-refractivity contribution >= 4 is 5.91 Å². The highest BCUT2D eigenvalue weighted by Crippen LogP contribution is 2.29. The molecule has 0 saturated carbocycles. The van der Waals surface area contributed by atoms with Crippen molar-refractivity contribution < 1.29 is 13.9 Å². The summed E-state index contributed by atoms with van der Waals surface area (Å²) in [7, 11) is 0. The largest absolute Gasteiger partial charge is 0.457 e. The minimum atomic E-state index is -0.205. The van der Waals surface area contributed by atoms with E-state index >= 15 is 0 Å². The normalized spacial score (nSPS) is 15.2. The van der Waals surface area contributed by atoms with Gasteiger partial charge in [-0.3, -0.25) is 9.69 Å². The Morgan fingerprint density at radius 2 is 1.87 bits per heavy atom. The van der Waals surface area contributed by atoms with Gasteiger partial charge in [0.2, 0.25) is 11.8 Å². The van der Waals surface area contributed by atoms with E-state index in [4.69, 9.17) is 19.9 Å². The minimum Gasteiger partial charge on any atom is -0.457 e. The first-order valence-electron chi connectivity index (χ1n) is 10.4. The monoisotopic (exact) mass is 405 g/mol. The van der Waals surface area contributed by atoms with Crippen molar-refractivity contribution in [1.29, 1.82) is 0 Å². The number of nitrogens with zero attached hydrogens (tertiary/aromatic N) is 2. The minimum absolute atomic E-state index is 0.205. The van der Waals surface area contributed by atoms with Gasteiger partial charge in [-0.2, -0.15) is 0 Å². The number of oxazole rings is 1. The lowest BCUT2D eigenvalue weighted by Gasteiger charge is -2.30. The van der Waals surface area contributed by atoms with Crippen LogP contribution in [0.15, 0.2) is 59.0 Å². The van der Waals surface area contributed by atoms with Crippen LogP contribution in [0, 0.1) is 12.8 Å². The summed E-state index contributed by atoms with van der Waals surface area (Å²) in [5.41, 5.74) is 7.17. The number of nitrogens with two attached hydrogens (primary N) is 1. The van der Waals surface area contributed by atoms with Gasteiger partial charge in [0.1, 0.15) is 17.3 Å². The maximum Gasteiger partial charge on any atom is 0.226 e. The molecular formula is C24H27N3O3. The summed E-state index contributed by atoms with van der Waals surface area (Å²) < 4.78 is 11.9. The Labute approximate surface area is 176 Å². The third-order valence-electron chi connectivity index (χ3n) is 5.52. The number of hydrogen-bond donors (Lipinski definition) is 1. The molecule has 0 atom stereocenters. The van der Waals surface area contributed by atoms with E-state index in [0.29, 0.717) is 18.2 Å². The quantitative estimate of drug-likeness (QED) is 0.624. The summed E-state index contributed by atoms with van der Waals surface area (Å²) in [6.45, 7) is 4.59. The lowest BCUT2D eigenvalue weighted by Crippen LogP contribution is -2.34. The van der Waals surface area contributed by atoms with Gasteiger partial charge in [-0.25, -0.2) is 4.98 Å². The number of carbonyl (C=O) groups is 1. The number of carbonyl (C=O) groups excluding carboxylic acids is 1. The van der Waals surface area contributed by atoms with Crippen LogP contribution in [0.5, 0.6) is 11.5 Å². The number of amides is 1. The van der Waals surface area contributed by atoms with Gasteiger partial charge in [0.25, 0.3) is 0 Å². The third kappa shape index (κ3) is 5.07. The van der Waals surface area contributed by atoms with Crippen molar-refractivity contribution in [3.8, 4) is 23.0 Å². The Bertz CT molecular complexity index is 992. The number of piperidine rings is 1. The fraction of sp³-hybridized carbons (Fsp3) is 0.333. The molecule has 2 aromatic carbocycles. The lowest BCUT2D eigenvalue weighted by molar-refractivity contribution is -0.119. The van der Waals surface area contributed by atoms with Crippen molar-refractivity contribution in [2.45, 2.75) is 32.7 Å². The summed E-state index contributed by atoms with van der Waals surface area (Å²) in [6.07, 6.45) is 2.47. The van der Waals surface area contributed by atoms with Crippen molar-refractivity contribution in [1.82, 2.24) is 9.88 Å². The van der Waals surface area contributed by atoms with Crippen LogP contribution in [0.4, 0.5) is 0 Å². The van der Waals surface area contributed by atoms with Crippen molar-refractivity contribution in [3.63, 3.8) is 0 Å². The molecular weight excluding hydrogens is 378 g/mol. The molecule has 6 heteroatoms. The summed E-state index contributed by atoms with van der Waals surface area (Å²) in [4.78, 5) is 18.2. The van der Waals surface area contributed by atoms with Gasteiger partial charge >= 0.3 is 0 Å². The molecule has 6 nitrogen and oxygen atoms in total. The van der Waals surface area contributed by atoms with Crippen LogP contribution in [0.1, 0.15) is 30.7 Å². The molecule has 30 heavy (non-hydrogen) atoms. The van der Waals surface area contributed by atoms with Crippen LogP contribution >= 0.6 is 0 Å². The van der Waals surface area contributed by atoms with Crippen LogP contribution in [0.2, 0.25) is 0 Å². The van der Waals surface area contributed by atoms with Crippen LogP contribution in [0.3, 0.4) is 0 Å². The van der Waals surface area contributed by atoms with Crippen LogP contribution < -0.4 is 10.5 Å². The maximum atomic E-state index is 11.1. The number of primary amides is 1. The fourth-order valence-corrected chi connectivity index (χ4v) is 3.86. The molecule has 1 fully saturated rings. The van der Waals surface area contributed by atoms with Crippen molar-refractivity contribution in [2.24, 2.45) is 11.7 Å². The first kappa shape index (κ1) is 20.2. The van der Waals surface area contributed by atoms with Gasteiger partial charge in [0.15, 0.2) is 0 Å². The second-order valence-corrected chi connectivity index (χ2v) is 7.85. The molecule has 1 aromatic heterocycles. The molecule has 156 valence electrons. The van der Waals surface area contributed by atoms with Gasteiger partial charge < -0.3 is 14.9 Å². The van der Waals surface area contributed by atoms with Crippen LogP contribution in [0.25, 0.3) is 11.5 Å². The summed E-state index contributed by atoms with van der Waals surface area (Å²) >= 11 is 0. The number of likely N-dealkylation sites (tertiary alicyclic amines) is 1. The van der Waals surface area contributed by atoms with E-state index in [9.17, 15) is 4.79 Å². The molecule has 2 N–H and O–H groups in total. The van der Waals surface area contributed by atoms with E-state index in [1.54, 1.807) is 0 Å². The first-order valence-corrected chi connectivity index (χ1v) is 10.4. The Morgan fingerprint density at radius 1 is 1.13 bits per heavy atom. The molecule has 1 aliphatic rings. The van der Waals surface area contributed by atoms with Crippen LogP contribution in [-0.4, -0.2) is 28.9 Å². The average Bonchev–Trinajstić information content (AvgIpc) is 3.10. The SMILES string of the molecule is Cc1oc(-c2cccc(Oc3ccccc3)c2)nc1CN1CCC(CC(N)=O)CC1. The van der Waals surface area contributed by atoms with E-state index in [0.717, 1.165) is 61.0 Å². The highest BCUT2D eigenvalue weighted by atomic mass is 16.5. The topological polar surface area (TPSA) is 81.6 Å². The third-order valence-corrected chi connectivity index (χ3v) is 5.52. The molecule has 4 rings (SSSR count). The Balaban J connectivity index is 1.42. The van der Waals surface area contributed by atoms with Gasteiger partial charge in [-0.15, -0.1) is 0 Å².